The van der Waals surface area contributed by atoms with Crippen LogP contribution in [0.25, 0.3) is 0 Å². The Bertz CT molecular complexity index is 414. The summed E-state index contributed by atoms with van der Waals surface area (Å²) in [4.78, 5) is 19.0. The maximum Gasteiger partial charge on any atom is 0.243 e. The minimum absolute atomic E-state index is 0.0376. The van der Waals surface area contributed by atoms with Gasteiger partial charge in [-0.2, -0.15) is 5.10 Å². The summed E-state index contributed by atoms with van der Waals surface area (Å²) in [5, 5.41) is 4.04. The van der Waals surface area contributed by atoms with Gasteiger partial charge in [0, 0.05) is 29.8 Å². The molecular formula is C9H8N4O. The summed E-state index contributed by atoms with van der Waals surface area (Å²) in [5.41, 5.74) is 4.33. The molecule has 70 valence electrons. The fraction of sp³-hybridized carbons (Fsp3) is 0.333. The van der Waals surface area contributed by atoms with Gasteiger partial charge < -0.3 is 0 Å². The first-order valence-corrected chi connectivity index (χ1v) is 4.49. The van der Waals surface area contributed by atoms with Gasteiger partial charge in [-0.05, 0) is 6.42 Å². The number of fused-ring (bicyclic) bond motifs is 1. The second-order valence-electron chi connectivity index (χ2n) is 3.55. The Hall–Kier alpha value is -1.78. The zero-order valence-electron chi connectivity index (χ0n) is 7.34. The van der Waals surface area contributed by atoms with Crippen molar-refractivity contribution >= 4 is 11.6 Å². The molecule has 1 N–H and O–H groups in total. The van der Waals surface area contributed by atoms with E-state index in [1.165, 1.54) is 6.33 Å². The summed E-state index contributed by atoms with van der Waals surface area (Å²) < 4.78 is 0. The van der Waals surface area contributed by atoms with E-state index in [-0.39, 0.29) is 17.7 Å². The van der Waals surface area contributed by atoms with Crippen LogP contribution in [0.15, 0.2) is 23.8 Å². The Morgan fingerprint density at radius 2 is 2.07 bits per heavy atom. The lowest BCUT2D eigenvalue weighted by Gasteiger charge is -2.10. The molecule has 2 heterocycles. The summed E-state index contributed by atoms with van der Waals surface area (Å²) in [6.45, 7) is 0. The zero-order valence-corrected chi connectivity index (χ0v) is 7.34. The molecule has 1 saturated carbocycles. The highest BCUT2D eigenvalue weighted by atomic mass is 16.2. The van der Waals surface area contributed by atoms with Crippen LogP contribution in [0.3, 0.4) is 0 Å². The smallest absolute Gasteiger partial charge is 0.243 e. The maximum atomic E-state index is 11.2. The molecule has 3 rings (SSSR count). The van der Waals surface area contributed by atoms with Crippen molar-refractivity contribution in [2.75, 3.05) is 0 Å². The SMILES string of the molecule is O=C1NN=C(c2cncnc2)[C@H]2C[C@H]12. The van der Waals surface area contributed by atoms with Crippen LogP contribution in [-0.4, -0.2) is 21.6 Å². The minimum Gasteiger partial charge on any atom is -0.273 e. The van der Waals surface area contributed by atoms with E-state index in [0.717, 1.165) is 17.7 Å². The normalized spacial score (nSPS) is 28.9. The molecule has 0 spiro atoms. The third-order valence-electron chi connectivity index (χ3n) is 2.62. The average molecular weight is 188 g/mol. The zero-order chi connectivity index (χ0) is 9.54. The molecule has 1 fully saturated rings. The maximum absolute atomic E-state index is 11.2. The molecule has 1 aromatic heterocycles. The van der Waals surface area contributed by atoms with Crippen molar-refractivity contribution in [3.63, 3.8) is 0 Å². The van der Waals surface area contributed by atoms with Gasteiger partial charge in [-0.1, -0.05) is 0 Å². The van der Waals surface area contributed by atoms with Crippen molar-refractivity contribution in [2.24, 2.45) is 16.9 Å². The number of hydrogen-bond acceptors (Lipinski definition) is 4. The number of rotatable bonds is 1. The van der Waals surface area contributed by atoms with Crippen molar-refractivity contribution in [1.29, 1.82) is 0 Å². The van der Waals surface area contributed by atoms with Crippen molar-refractivity contribution in [3.8, 4) is 0 Å². The number of hydrazone groups is 1. The van der Waals surface area contributed by atoms with E-state index in [1.807, 2.05) is 0 Å². The van der Waals surface area contributed by atoms with Crippen LogP contribution in [-0.2, 0) is 4.79 Å². The van der Waals surface area contributed by atoms with Crippen molar-refractivity contribution in [2.45, 2.75) is 6.42 Å². The van der Waals surface area contributed by atoms with Crippen LogP contribution in [0.5, 0.6) is 0 Å². The summed E-state index contributed by atoms with van der Waals surface area (Å²) >= 11 is 0. The molecule has 0 radical (unpaired) electrons. The first-order valence-electron chi connectivity index (χ1n) is 4.49. The van der Waals surface area contributed by atoms with Crippen molar-refractivity contribution < 1.29 is 4.79 Å². The Kier molecular flexibility index (Phi) is 1.41. The van der Waals surface area contributed by atoms with Crippen LogP contribution < -0.4 is 5.43 Å². The molecule has 0 bridgehead atoms. The van der Waals surface area contributed by atoms with E-state index in [9.17, 15) is 4.79 Å². The van der Waals surface area contributed by atoms with E-state index in [0.29, 0.717) is 0 Å². The number of nitrogens with one attached hydrogen (secondary N) is 1. The van der Waals surface area contributed by atoms with E-state index < -0.39 is 0 Å². The van der Waals surface area contributed by atoms with Gasteiger partial charge in [-0.3, -0.25) is 4.79 Å². The molecule has 5 nitrogen and oxygen atoms in total. The summed E-state index contributed by atoms with van der Waals surface area (Å²) in [6.07, 6.45) is 5.83. The number of carbonyl (C=O) groups is 1. The lowest BCUT2D eigenvalue weighted by molar-refractivity contribution is -0.122. The molecule has 0 aromatic carbocycles. The largest absolute Gasteiger partial charge is 0.273 e. The number of hydrogen-bond donors (Lipinski definition) is 1. The van der Waals surface area contributed by atoms with Gasteiger partial charge in [0.1, 0.15) is 6.33 Å². The highest BCUT2D eigenvalue weighted by Gasteiger charge is 2.49. The first kappa shape index (κ1) is 7.61. The van der Waals surface area contributed by atoms with Gasteiger partial charge in [0.25, 0.3) is 0 Å². The number of carbonyl (C=O) groups excluding carboxylic acids is 1. The Morgan fingerprint density at radius 1 is 1.29 bits per heavy atom. The van der Waals surface area contributed by atoms with Gasteiger partial charge in [0.15, 0.2) is 0 Å². The molecule has 2 aliphatic rings. The highest BCUT2D eigenvalue weighted by Crippen LogP contribution is 2.43. The lowest BCUT2D eigenvalue weighted by atomic mass is 10.1. The standard InChI is InChI=1S/C9H8N4O/c14-9-7-1-6(7)8(12-13-9)5-2-10-4-11-3-5/h2-4,6-7H,1H2,(H,13,14)/t6-,7-/m0/s1. The number of aromatic nitrogens is 2. The quantitative estimate of drug-likeness (QED) is 0.671. The number of nitrogens with zero attached hydrogens (tertiary/aromatic N) is 3. The second-order valence-corrected chi connectivity index (χ2v) is 3.55. The third-order valence-corrected chi connectivity index (χ3v) is 2.62. The molecule has 1 aliphatic carbocycles. The van der Waals surface area contributed by atoms with Crippen LogP contribution in [0.4, 0.5) is 0 Å². The minimum atomic E-state index is 0.0376. The molecule has 1 aliphatic heterocycles. The van der Waals surface area contributed by atoms with Crippen molar-refractivity contribution in [1.82, 2.24) is 15.4 Å². The van der Waals surface area contributed by atoms with Crippen molar-refractivity contribution in [3.05, 3.63) is 24.3 Å². The van der Waals surface area contributed by atoms with Gasteiger partial charge in [-0.15, -0.1) is 0 Å². The van der Waals surface area contributed by atoms with E-state index >= 15 is 0 Å². The van der Waals surface area contributed by atoms with Gasteiger partial charge in [-0.25, -0.2) is 15.4 Å². The molecule has 14 heavy (non-hydrogen) atoms. The summed E-state index contributed by atoms with van der Waals surface area (Å²) in [6, 6.07) is 0. The van der Waals surface area contributed by atoms with Crippen LogP contribution >= 0.6 is 0 Å². The monoisotopic (exact) mass is 188 g/mol. The molecule has 0 saturated heterocycles. The van der Waals surface area contributed by atoms with Gasteiger partial charge in [0.05, 0.1) is 5.71 Å². The van der Waals surface area contributed by atoms with Crippen LogP contribution in [0.2, 0.25) is 0 Å². The van der Waals surface area contributed by atoms with Gasteiger partial charge in [0.2, 0.25) is 5.91 Å². The highest BCUT2D eigenvalue weighted by molar-refractivity contribution is 6.09. The van der Waals surface area contributed by atoms with E-state index in [2.05, 4.69) is 20.5 Å². The second kappa shape index (κ2) is 2.60. The molecule has 1 aromatic rings. The molecule has 0 unspecified atom stereocenters. The van der Waals surface area contributed by atoms with E-state index in [4.69, 9.17) is 0 Å². The predicted octanol–water partition coefficient (Wildman–Crippen LogP) is -0.0534. The fourth-order valence-corrected chi connectivity index (χ4v) is 1.78. The topological polar surface area (TPSA) is 67.2 Å². The third kappa shape index (κ3) is 1.02. The fourth-order valence-electron chi connectivity index (χ4n) is 1.78. The molecular weight excluding hydrogens is 180 g/mol. The molecule has 2 atom stereocenters. The Balaban J connectivity index is 1.97. The number of amides is 1. The van der Waals surface area contributed by atoms with E-state index in [1.54, 1.807) is 12.4 Å². The van der Waals surface area contributed by atoms with Crippen LogP contribution in [0.1, 0.15) is 12.0 Å². The average Bonchev–Trinajstić information content (AvgIpc) is 3.00. The Morgan fingerprint density at radius 3 is 2.86 bits per heavy atom. The van der Waals surface area contributed by atoms with Crippen LogP contribution in [0, 0.1) is 11.8 Å². The summed E-state index contributed by atoms with van der Waals surface area (Å²) in [7, 11) is 0. The molecule has 1 amide bonds. The van der Waals surface area contributed by atoms with Gasteiger partial charge >= 0.3 is 0 Å². The summed E-state index contributed by atoms with van der Waals surface area (Å²) in [5.74, 6) is 0.452. The molecule has 5 heteroatoms. The lowest BCUT2D eigenvalue weighted by Crippen LogP contribution is -2.28. The first-order chi connectivity index (χ1) is 6.86. The Labute approximate surface area is 80.3 Å². The predicted molar refractivity (Wildman–Crippen MR) is 48.3 cm³/mol.